The van der Waals surface area contributed by atoms with Gasteiger partial charge in [-0.3, -0.25) is 4.72 Å². The minimum absolute atomic E-state index is 0.0633. The fourth-order valence-corrected chi connectivity index (χ4v) is 2.98. The highest BCUT2D eigenvalue weighted by Gasteiger charge is 2.16. The summed E-state index contributed by atoms with van der Waals surface area (Å²) in [5, 5.41) is 0. The average molecular weight is 308 g/mol. The number of hydrogen-bond donors (Lipinski definition) is 2. The normalized spacial score (nSPS) is 11.4. The van der Waals surface area contributed by atoms with Gasteiger partial charge in [0.2, 0.25) is 0 Å². The van der Waals surface area contributed by atoms with E-state index < -0.39 is 15.8 Å². The molecular formula is C15H17FN2O2S. The zero-order chi connectivity index (χ0) is 15.5. The van der Waals surface area contributed by atoms with E-state index in [1.54, 1.807) is 25.1 Å². The van der Waals surface area contributed by atoms with E-state index in [9.17, 15) is 12.8 Å². The SMILES string of the molecule is Cc1ccc(NS(=O)(=O)c2ccc(CCN)cc2)c(F)c1. The van der Waals surface area contributed by atoms with Gasteiger partial charge in [0, 0.05) is 0 Å². The van der Waals surface area contributed by atoms with Gasteiger partial charge in [-0.25, -0.2) is 12.8 Å². The fourth-order valence-electron chi connectivity index (χ4n) is 1.91. The van der Waals surface area contributed by atoms with Crippen molar-refractivity contribution in [3.05, 3.63) is 59.4 Å². The van der Waals surface area contributed by atoms with Crippen LogP contribution in [-0.2, 0) is 16.4 Å². The Morgan fingerprint density at radius 3 is 2.38 bits per heavy atom. The first-order valence-corrected chi connectivity index (χ1v) is 7.98. The second kappa shape index (κ2) is 6.24. The number of nitrogens with two attached hydrogens (primary N) is 1. The van der Waals surface area contributed by atoms with Gasteiger partial charge in [0.05, 0.1) is 10.6 Å². The molecule has 0 spiro atoms. The molecule has 3 N–H and O–H groups in total. The number of benzene rings is 2. The summed E-state index contributed by atoms with van der Waals surface area (Å²) < 4.78 is 40.4. The highest BCUT2D eigenvalue weighted by Crippen LogP contribution is 2.20. The van der Waals surface area contributed by atoms with Crippen LogP contribution in [0.25, 0.3) is 0 Å². The summed E-state index contributed by atoms with van der Waals surface area (Å²) in [7, 11) is -3.80. The average Bonchev–Trinajstić information content (AvgIpc) is 2.43. The number of nitrogens with one attached hydrogen (secondary N) is 1. The van der Waals surface area contributed by atoms with Gasteiger partial charge in [0.15, 0.2) is 0 Å². The largest absolute Gasteiger partial charge is 0.330 e. The minimum atomic E-state index is -3.80. The molecule has 2 aromatic rings. The molecule has 0 radical (unpaired) electrons. The van der Waals surface area contributed by atoms with Crippen LogP contribution in [0.15, 0.2) is 47.4 Å². The maximum Gasteiger partial charge on any atom is 0.261 e. The summed E-state index contributed by atoms with van der Waals surface area (Å²) in [5.74, 6) is -0.599. The van der Waals surface area contributed by atoms with Crippen LogP contribution in [-0.4, -0.2) is 15.0 Å². The highest BCUT2D eigenvalue weighted by atomic mass is 32.2. The quantitative estimate of drug-likeness (QED) is 0.891. The van der Waals surface area contributed by atoms with Crippen LogP contribution >= 0.6 is 0 Å². The summed E-state index contributed by atoms with van der Waals surface area (Å²) >= 11 is 0. The molecule has 0 saturated carbocycles. The first-order valence-electron chi connectivity index (χ1n) is 6.50. The van der Waals surface area contributed by atoms with Crippen LogP contribution in [0.5, 0.6) is 0 Å². The number of halogens is 1. The molecule has 112 valence electrons. The Hall–Kier alpha value is -1.92. The highest BCUT2D eigenvalue weighted by molar-refractivity contribution is 7.92. The molecular weight excluding hydrogens is 291 g/mol. The molecule has 0 fully saturated rings. The molecule has 2 aromatic carbocycles. The van der Waals surface area contributed by atoms with Gasteiger partial charge in [-0.05, 0) is 55.3 Å². The summed E-state index contributed by atoms with van der Waals surface area (Å²) in [5.41, 5.74) is 7.06. The predicted molar refractivity (Wildman–Crippen MR) is 81.1 cm³/mol. The monoisotopic (exact) mass is 308 g/mol. The van der Waals surface area contributed by atoms with E-state index in [0.717, 1.165) is 11.1 Å². The van der Waals surface area contributed by atoms with Crippen LogP contribution in [0.3, 0.4) is 0 Å². The molecule has 0 atom stereocenters. The van der Waals surface area contributed by atoms with Gasteiger partial charge in [-0.2, -0.15) is 0 Å². The summed E-state index contributed by atoms with van der Waals surface area (Å²) in [6.45, 7) is 2.23. The maximum atomic E-state index is 13.7. The molecule has 4 nitrogen and oxygen atoms in total. The van der Waals surface area contributed by atoms with Crippen molar-refractivity contribution in [2.75, 3.05) is 11.3 Å². The summed E-state index contributed by atoms with van der Waals surface area (Å²) in [4.78, 5) is 0.0863. The molecule has 0 aliphatic rings. The third-order valence-corrected chi connectivity index (χ3v) is 4.42. The standard InChI is InChI=1S/C15H17FN2O2S/c1-11-2-7-15(14(16)10-11)18-21(19,20)13-5-3-12(4-6-13)8-9-17/h2-7,10,18H,8-9,17H2,1H3. The number of anilines is 1. The van der Waals surface area contributed by atoms with Crippen LogP contribution < -0.4 is 10.5 Å². The van der Waals surface area contributed by atoms with Gasteiger partial charge in [-0.1, -0.05) is 18.2 Å². The molecule has 0 aliphatic carbocycles. The van der Waals surface area contributed by atoms with Gasteiger partial charge in [-0.15, -0.1) is 0 Å². The van der Waals surface area contributed by atoms with E-state index in [0.29, 0.717) is 13.0 Å². The Labute approximate surface area is 123 Å². The molecule has 2 rings (SSSR count). The van der Waals surface area contributed by atoms with Crippen molar-refractivity contribution in [1.82, 2.24) is 0 Å². The molecule has 0 aromatic heterocycles. The lowest BCUT2D eigenvalue weighted by Crippen LogP contribution is -2.14. The van der Waals surface area contributed by atoms with Crippen molar-refractivity contribution >= 4 is 15.7 Å². The van der Waals surface area contributed by atoms with Crippen molar-refractivity contribution in [1.29, 1.82) is 0 Å². The van der Waals surface area contributed by atoms with Crippen LogP contribution in [0.1, 0.15) is 11.1 Å². The number of hydrogen-bond acceptors (Lipinski definition) is 3. The van der Waals surface area contributed by atoms with Gasteiger partial charge in [0.25, 0.3) is 10.0 Å². The van der Waals surface area contributed by atoms with Crippen molar-refractivity contribution in [2.24, 2.45) is 5.73 Å². The molecule has 0 aliphatic heterocycles. The lowest BCUT2D eigenvalue weighted by molar-refractivity contribution is 0.598. The summed E-state index contributed by atoms with van der Waals surface area (Å²) in [6, 6.07) is 10.7. The molecule has 6 heteroatoms. The molecule has 0 heterocycles. The van der Waals surface area contributed by atoms with E-state index in [4.69, 9.17) is 5.73 Å². The molecule has 0 amide bonds. The van der Waals surface area contributed by atoms with Gasteiger partial charge >= 0.3 is 0 Å². The topological polar surface area (TPSA) is 72.2 Å². The Kier molecular flexibility index (Phi) is 4.59. The lowest BCUT2D eigenvalue weighted by Gasteiger charge is -2.10. The molecule has 0 saturated heterocycles. The van der Waals surface area contributed by atoms with Gasteiger partial charge in [0.1, 0.15) is 5.82 Å². The van der Waals surface area contributed by atoms with E-state index in [1.165, 1.54) is 24.3 Å². The van der Waals surface area contributed by atoms with Crippen molar-refractivity contribution in [2.45, 2.75) is 18.2 Å². The number of aryl methyl sites for hydroxylation is 1. The Morgan fingerprint density at radius 2 is 1.81 bits per heavy atom. The van der Waals surface area contributed by atoms with E-state index in [1.807, 2.05) is 0 Å². The van der Waals surface area contributed by atoms with Gasteiger partial charge < -0.3 is 5.73 Å². The van der Waals surface area contributed by atoms with E-state index in [-0.39, 0.29) is 10.6 Å². The zero-order valence-electron chi connectivity index (χ0n) is 11.6. The van der Waals surface area contributed by atoms with E-state index >= 15 is 0 Å². The Morgan fingerprint density at radius 1 is 1.14 bits per heavy atom. The third kappa shape index (κ3) is 3.80. The van der Waals surface area contributed by atoms with Crippen LogP contribution in [0, 0.1) is 12.7 Å². The third-order valence-electron chi connectivity index (χ3n) is 3.04. The molecule has 21 heavy (non-hydrogen) atoms. The first kappa shape index (κ1) is 15.5. The second-order valence-electron chi connectivity index (χ2n) is 4.77. The van der Waals surface area contributed by atoms with Crippen molar-refractivity contribution in [3.63, 3.8) is 0 Å². The van der Waals surface area contributed by atoms with E-state index in [2.05, 4.69) is 4.72 Å². The van der Waals surface area contributed by atoms with Crippen LogP contribution in [0.4, 0.5) is 10.1 Å². The Bertz CT molecular complexity index is 728. The number of sulfonamides is 1. The predicted octanol–water partition coefficient (Wildman–Crippen LogP) is 2.44. The second-order valence-corrected chi connectivity index (χ2v) is 6.45. The van der Waals surface area contributed by atoms with Crippen molar-refractivity contribution < 1.29 is 12.8 Å². The first-order chi connectivity index (χ1) is 9.92. The minimum Gasteiger partial charge on any atom is -0.330 e. The molecule has 0 bridgehead atoms. The summed E-state index contributed by atoms with van der Waals surface area (Å²) in [6.07, 6.45) is 0.681. The maximum absolute atomic E-state index is 13.7. The molecule has 0 unspecified atom stereocenters. The lowest BCUT2D eigenvalue weighted by atomic mass is 10.2. The number of rotatable bonds is 5. The van der Waals surface area contributed by atoms with Crippen LogP contribution in [0.2, 0.25) is 0 Å². The Balaban J connectivity index is 2.25. The smallest absolute Gasteiger partial charge is 0.261 e. The fraction of sp³-hybridized carbons (Fsp3) is 0.200. The zero-order valence-corrected chi connectivity index (χ0v) is 12.5. The van der Waals surface area contributed by atoms with Crippen molar-refractivity contribution in [3.8, 4) is 0 Å².